The summed E-state index contributed by atoms with van der Waals surface area (Å²) in [6.45, 7) is 3.65. The maximum Gasteiger partial charge on any atom is 0.225 e. The number of nitrogens with one attached hydrogen (secondary N) is 2. The van der Waals surface area contributed by atoms with Crippen LogP contribution in [0.1, 0.15) is 12.0 Å². The molecule has 0 unspecified atom stereocenters. The average Bonchev–Trinajstić information content (AvgIpc) is 2.92. The molecular formula is C26H30N6O5. The van der Waals surface area contributed by atoms with Crippen molar-refractivity contribution >= 4 is 39.6 Å². The largest absolute Gasteiger partial charge is 0.493 e. The Labute approximate surface area is 215 Å². The summed E-state index contributed by atoms with van der Waals surface area (Å²) in [5.74, 6) is 1.24. The van der Waals surface area contributed by atoms with Crippen LogP contribution in [-0.4, -0.2) is 70.0 Å². The number of pyridine rings is 1. The van der Waals surface area contributed by atoms with Crippen LogP contribution in [0.25, 0.3) is 10.9 Å². The number of hydrogen-bond donors (Lipinski definition) is 3. The second-order valence-corrected chi connectivity index (χ2v) is 8.41. The van der Waals surface area contributed by atoms with E-state index < -0.39 is 0 Å². The average molecular weight is 507 g/mol. The van der Waals surface area contributed by atoms with Gasteiger partial charge in [0.2, 0.25) is 11.7 Å². The molecule has 1 aliphatic heterocycles. The topological polar surface area (TPSA) is 144 Å². The van der Waals surface area contributed by atoms with Crippen molar-refractivity contribution in [2.24, 2.45) is 0 Å². The third kappa shape index (κ3) is 5.77. The van der Waals surface area contributed by atoms with E-state index in [0.29, 0.717) is 82.6 Å². The Morgan fingerprint density at radius 3 is 2.46 bits per heavy atom. The minimum Gasteiger partial charge on any atom is -0.493 e. The SMILES string of the molecule is COc1cc(Nc2c(C#N)cnc3cc(NC(=O)CCN4CCOCC4)c(N)cc23)cc(OC)c1OC. The zero-order chi connectivity index (χ0) is 26.4. The first kappa shape index (κ1) is 25.8. The second kappa shape index (κ2) is 11.6. The molecule has 11 nitrogen and oxygen atoms in total. The molecule has 1 fully saturated rings. The number of benzene rings is 2. The van der Waals surface area contributed by atoms with Crippen LogP contribution in [0.15, 0.2) is 30.5 Å². The number of morpholine rings is 1. The number of nitrogens with two attached hydrogens (primary N) is 1. The van der Waals surface area contributed by atoms with E-state index >= 15 is 0 Å². The number of rotatable bonds is 9. The van der Waals surface area contributed by atoms with Crippen molar-refractivity contribution in [1.82, 2.24) is 9.88 Å². The van der Waals surface area contributed by atoms with Crippen LogP contribution in [-0.2, 0) is 9.53 Å². The van der Waals surface area contributed by atoms with E-state index in [9.17, 15) is 10.1 Å². The predicted molar refractivity (Wildman–Crippen MR) is 141 cm³/mol. The zero-order valence-corrected chi connectivity index (χ0v) is 21.1. The molecule has 37 heavy (non-hydrogen) atoms. The molecule has 3 aromatic rings. The molecule has 0 atom stereocenters. The number of carbonyl (C=O) groups is 1. The van der Waals surface area contributed by atoms with Gasteiger partial charge in [0, 0.05) is 55.5 Å². The molecule has 1 aliphatic rings. The van der Waals surface area contributed by atoms with Crippen LogP contribution in [0.2, 0.25) is 0 Å². The Balaban J connectivity index is 1.62. The fourth-order valence-corrected chi connectivity index (χ4v) is 4.18. The van der Waals surface area contributed by atoms with Crippen LogP contribution in [0.3, 0.4) is 0 Å². The van der Waals surface area contributed by atoms with Gasteiger partial charge in [0.15, 0.2) is 11.5 Å². The van der Waals surface area contributed by atoms with Crippen molar-refractivity contribution in [2.75, 3.05) is 70.5 Å². The molecule has 0 saturated carbocycles. The molecule has 1 amide bonds. The number of methoxy groups -OCH3 is 3. The van der Waals surface area contributed by atoms with Gasteiger partial charge in [-0.1, -0.05) is 0 Å². The van der Waals surface area contributed by atoms with E-state index in [1.165, 1.54) is 27.5 Å². The summed E-state index contributed by atoms with van der Waals surface area (Å²) in [6.07, 6.45) is 1.81. The first-order valence-electron chi connectivity index (χ1n) is 11.8. The summed E-state index contributed by atoms with van der Waals surface area (Å²) in [5.41, 5.74) is 9.15. The Bertz CT molecular complexity index is 1310. The number of nitrogen functional groups attached to an aromatic ring is 1. The highest BCUT2D eigenvalue weighted by atomic mass is 16.5. The Morgan fingerprint density at radius 2 is 1.84 bits per heavy atom. The molecule has 4 rings (SSSR count). The van der Waals surface area contributed by atoms with Gasteiger partial charge >= 0.3 is 0 Å². The number of aromatic nitrogens is 1. The number of carbonyl (C=O) groups excluding carboxylic acids is 1. The van der Waals surface area contributed by atoms with Crippen molar-refractivity contribution in [3.05, 3.63) is 36.0 Å². The van der Waals surface area contributed by atoms with E-state index in [0.717, 1.165) is 13.1 Å². The third-order valence-electron chi connectivity index (χ3n) is 6.13. The van der Waals surface area contributed by atoms with Gasteiger partial charge in [0.05, 0.1) is 62.7 Å². The predicted octanol–water partition coefficient (Wildman–Crippen LogP) is 3.12. The highest BCUT2D eigenvalue weighted by molar-refractivity contribution is 6.03. The molecular weight excluding hydrogens is 476 g/mol. The maximum atomic E-state index is 12.6. The third-order valence-corrected chi connectivity index (χ3v) is 6.13. The highest BCUT2D eigenvalue weighted by Gasteiger charge is 2.18. The number of nitrogens with zero attached hydrogens (tertiary/aromatic N) is 3. The Kier molecular flexibility index (Phi) is 8.12. The highest BCUT2D eigenvalue weighted by Crippen LogP contribution is 2.42. The molecule has 194 valence electrons. The first-order valence-corrected chi connectivity index (χ1v) is 11.8. The van der Waals surface area contributed by atoms with E-state index in [1.807, 2.05) is 0 Å². The van der Waals surface area contributed by atoms with E-state index in [2.05, 4.69) is 26.6 Å². The minimum atomic E-state index is -0.137. The second-order valence-electron chi connectivity index (χ2n) is 8.41. The lowest BCUT2D eigenvalue weighted by atomic mass is 10.1. The molecule has 2 aromatic carbocycles. The summed E-state index contributed by atoms with van der Waals surface area (Å²) in [6, 6.07) is 9.04. The number of nitriles is 1. The van der Waals surface area contributed by atoms with Crippen LogP contribution in [0, 0.1) is 11.3 Å². The van der Waals surface area contributed by atoms with E-state index in [1.54, 1.807) is 24.3 Å². The van der Waals surface area contributed by atoms with Gasteiger partial charge in [-0.2, -0.15) is 5.26 Å². The molecule has 0 aliphatic carbocycles. The first-order chi connectivity index (χ1) is 18.0. The number of ether oxygens (including phenoxy) is 4. The fourth-order valence-electron chi connectivity index (χ4n) is 4.18. The van der Waals surface area contributed by atoms with E-state index in [4.69, 9.17) is 24.7 Å². The molecule has 0 spiro atoms. The van der Waals surface area contributed by atoms with Gasteiger partial charge in [0.25, 0.3) is 0 Å². The molecule has 4 N–H and O–H groups in total. The van der Waals surface area contributed by atoms with E-state index in [-0.39, 0.29) is 5.91 Å². The summed E-state index contributed by atoms with van der Waals surface area (Å²) in [5, 5.41) is 16.5. The van der Waals surface area contributed by atoms with Crippen molar-refractivity contribution in [1.29, 1.82) is 5.26 Å². The van der Waals surface area contributed by atoms with Gasteiger partial charge < -0.3 is 35.3 Å². The normalized spacial score (nSPS) is 13.6. The summed E-state index contributed by atoms with van der Waals surface area (Å²) in [4.78, 5) is 19.2. The van der Waals surface area contributed by atoms with Crippen molar-refractivity contribution in [3.63, 3.8) is 0 Å². The quantitative estimate of drug-likeness (QED) is 0.370. The standard InChI is InChI=1S/C26H30N6O5/c1-34-22-10-17(11-23(35-2)26(22)36-3)30-25-16(14-27)15-29-20-13-21(19(28)12-18(20)25)31-24(33)4-5-32-6-8-37-9-7-32/h10-13,15H,4-9,28H2,1-3H3,(H,29,30)(H,31,33). The monoisotopic (exact) mass is 506 g/mol. The smallest absolute Gasteiger partial charge is 0.225 e. The summed E-state index contributed by atoms with van der Waals surface area (Å²) < 4.78 is 21.6. The summed E-state index contributed by atoms with van der Waals surface area (Å²) in [7, 11) is 4.58. The van der Waals surface area contributed by atoms with Crippen molar-refractivity contribution < 1.29 is 23.7 Å². The summed E-state index contributed by atoms with van der Waals surface area (Å²) >= 11 is 0. The lowest BCUT2D eigenvalue weighted by Crippen LogP contribution is -2.38. The van der Waals surface area contributed by atoms with Crippen LogP contribution >= 0.6 is 0 Å². The zero-order valence-electron chi connectivity index (χ0n) is 21.1. The molecule has 11 heteroatoms. The van der Waals surface area contributed by atoms with Crippen LogP contribution in [0.4, 0.5) is 22.7 Å². The number of amides is 1. The lowest BCUT2D eigenvalue weighted by Gasteiger charge is -2.26. The van der Waals surface area contributed by atoms with Gasteiger partial charge in [0.1, 0.15) is 6.07 Å². The molecule has 0 radical (unpaired) electrons. The van der Waals surface area contributed by atoms with Crippen molar-refractivity contribution in [2.45, 2.75) is 6.42 Å². The van der Waals surface area contributed by atoms with Crippen LogP contribution < -0.4 is 30.6 Å². The number of hydrogen-bond acceptors (Lipinski definition) is 10. The molecule has 0 bridgehead atoms. The van der Waals surface area contributed by atoms with Crippen molar-refractivity contribution in [3.8, 4) is 23.3 Å². The lowest BCUT2D eigenvalue weighted by molar-refractivity contribution is -0.116. The Hall–Kier alpha value is -4.27. The molecule has 2 heterocycles. The Morgan fingerprint density at radius 1 is 1.14 bits per heavy atom. The van der Waals surface area contributed by atoms with Gasteiger partial charge in [-0.3, -0.25) is 14.7 Å². The maximum absolute atomic E-state index is 12.6. The molecule has 1 saturated heterocycles. The number of fused-ring (bicyclic) bond motifs is 1. The minimum absolute atomic E-state index is 0.137. The van der Waals surface area contributed by atoms with Crippen LogP contribution in [0.5, 0.6) is 17.2 Å². The van der Waals surface area contributed by atoms with Gasteiger partial charge in [-0.05, 0) is 12.1 Å². The number of anilines is 4. The molecule has 1 aromatic heterocycles. The fraction of sp³-hybridized carbons (Fsp3) is 0.346. The van der Waals surface area contributed by atoms with Gasteiger partial charge in [-0.15, -0.1) is 0 Å². The van der Waals surface area contributed by atoms with Gasteiger partial charge in [-0.25, -0.2) is 0 Å².